The molecule has 0 atom stereocenters. The van der Waals surface area contributed by atoms with E-state index in [0.717, 1.165) is 11.1 Å². The van der Waals surface area contributed by atoms with Gasteiger partial charge in [0.1, 0.15) is 5.75 Å². The Morgan fingerprint density at radius 2 is 1.85 bits per heavy atom. The third kappa shape index (κ3) is 3.81. The van der Waals surface area contributed by atoms with Crippen molar-refractivity contribution in [3.05, 3.63) is 59.4 Å². The van der Waals surface area contributed by atoms with Crippen molar-refractivity contribution in [3.8, 4) is 28.6 Å². The average molecular weight is 400 g/mol. The highest BCUT2D eigenvalue weighted by Gasteiger charge is 2.14. The summed E-state index contributed by atoms with van der Waals surface area (Å²) in [4.78, 5) is 4.45. The lowest BCUT2D eigenvalue weighted by Gasteiger charge is -2.03. The van der Waals surface area contributed by atoms with Crippen molar-refractivity contribution in [1.29, 1.82) is 0 Å². The van der Waals surface area contributed by atoms with Crippen LogP contribution in [0.3, 0.4) is 0 Å². The zero-order chi connectivity index (χ0) is 18.6. The largest absolute Gasteiger partial charge is 0.496 e. The number of aromatic nitrogens is 5. The number of halogens is 1. The van der Waals surface area contributed by atoms with Crippen LogP contribution in [0.2, 0.25) is 5.02 Å². The maximum absolute atomic E-state index is 6.19. The smallest absolute Gasteiger partial charge is 0.251 e. The first-order valence-corrected chi connectivity index (χ1v) is 9.37. The third-order valence-corrected chi connectivity index (χ3v) is 4.88. The number of hydrogen-bond donors (Lipinski definition) is 1. The van der Waals surface area contributed by atoms with E-state index < -0.39 is 0 Å². The molecule has 0 aliphatic rings. The molecule has 27 heavy (non-hydrogen) atoms. The monoisotopic (exact) mass is 399 g/mol. The first-order chi connectivity index (χ1) is 13.2. The zero-order valence-electron chi connectivity index (χ0n) is 14.2. The van der Waals surface area contributed by atoms with Gasteiger partial charge >= 0.3 is 0 Å². The summed E-state index contributed by atoms with van der Waals surface area (Å²) in [5.74, 6) is 2.63. The maximum atomic E-state index is 6.19. The summed E-state index contributed by atoms with van der Waals surface area (Å²) in [7, 11) is 1.60. The van der Waals surface area contributed by atoms with Gasteiger partial charge in [-0.25, -0.2) is 4.98 Å². The Morgan fingerprint density at radius 3 is 2.67 bits per heavy atom. The van der Waals surface area contributed by atoms with Crippen LogP contribution in [0, 0.1) is 0 Å². The summed E-state index contributed by atoms with van der Waals surface area (Å²) in [5.41, 5.74) is 1.55. The molecule has 2 aromatic heterocycles. The fraction of sp³-hybridized carbons (Fsp3) is 0.111. The highest BCUT2D eigenvalue weighted by atomic mass is 35.5. The number of ether oxygens (including phenoxy) is 1. The summed E-state index contributed by atoms with van der Waals surface area (Å²) >= 11 is 7.58. The lowest BCUT2D eigenvalue weighted by Crippen LogP contribution is -1.87. The lowest BCUT2D eigenvalue weighted by molar-refractivity contribution is 0.414. The molecular weight excluding hydrogens is 386 g/mol. The fourth-order valence-corrected chi connectivity index (χ4v) is 3.31. The average Bonchev–Trinajstić information content (AvgIpc) is 3.36. The number of nitrogens with one attached hydrogen (secondary N) is 1. The fourth-order valence-electron chi connectivity index (χ4n) is 2.45. The summed E-state index contributed by atoms with van der Waals surface area (Å²) in [6, 6.07) is 14.9. The van der Waals surface area contributed by atoms with Gasteiger partial charge in [0, 0.05) is 5.56 Å². The SMILES string of the molecule is COc1ccccc1-c1nnc(CSc2n[nH]c(-c3ccccc3Cl)n2)o1. The first-order valence-electron chi connectivity index (χ1n) is 8.00. The Hall–Kier alpha value is -2.84. The first kappa shape index (κ1) is 17.6. The van der Waals surface area contributed by atoms with Gasteiger partial charge in [0.15, 0.2) is 5.82 Å². The topological polar surface area (TPSA) is 89.7 Å². The van der Waals surface area contributed by atoms with Crippen molar-refractivity contribution in [2.75, 3.05) is 7.11 Å². The minimum absolute atomic E-state index is 0.412. The molecule has 0 bridgehead atoms. The van der Waals surface area contributed by atoms with Crippen molar-refractivity contribution >= 4 is 23.4 Å². The molecule has 0 saturated heterocycles. The van der Waals surface area contributed by atoms with Gasteiger partial charge < -0.3 is 9.15 Å². The second kappa shape index (κ2) is 7.81. The number of nitrogens with zero attached hydrogens (tertiary/aromatic N) is 4. The number of para-hydroxylation sites is 1. The van der Waals surface area contributed by atoms with Gasteiger partial charge in [-0.05, 0) is 24.3 Å². The van der Waals surface area contributed by atoms with Crippen LogP contribution in [0.25, 0.3) is 22.8 Å². The Bertz CT molecular complexity index is 1070. The van der Waals surface area contributed by atoms with Gasteiger partial charge in [-0.1, -0.05) is 47.6 Å². The molecule has 7 nitrogen and oxygen atoms in total. The van der Waals surface area contributed by atoms with Crippen molar-refractivity contribution in [2.24, 2.45) is 0 Å². The normalized spacial score (nSPS) is 10.9. The molecule has 0 saturated carbocycles. The van der Waals surface area contributed by atoms with E-state index in [1.165, 1.54) is 11.8 Å². The third-order valence-electron chi connectivity index (χ3n) is 3.72. The van der Waals surface area contributed by atoms with Gasteiger partial charge in [-0.3, -0.25) is 5.10 Å². The molecule has 1 N–H and O–H groups in total. The van der Waals surface area contributed by atoms with Crippen molar-refractivity contribution in [3.63, 3.8) is 0 Å². The molecule has 0 fully saturated rings. The minimum atomic E-state index is 0.412. The number of hydrogen-bond acceptors (Lipinski definition) is 7. The summed E-state index contributed by atoms with van der Waals surface area (Å²) in [6.07, 6.45) is 0. The molecule has 0 radical (unpaired) electrons. The maximum Gasteiger partial charge on any atom is 0.251 e. The van der Waals surface area contributed by atoms with Gasteiger partial charge in [0.25, 0.3) is 5.89 Å². The molecule has 2 aromatic carbocycles. The van der Waals surface area contributed by atoms with Crippen LogP contribution in [0.4, 0.5) is 0 Å². The van der Waals surface area contributed by atoms with Crippen LogP contribution in [0.15, 0.2) is 58.1 Å². The molecular formula is C18H14ClN5O2S. The highest BCUT2D eigenvalue weighted by Crippen LogP contribution is 2.30. The van der Waals surface area contributed by atoms with Gasteiger partial charge in [0.05, 0.1) is 23.4 Å². The standard InChI is InChI=1S/C18H14ClN5O2S/c1-25-14-9-5-3-7-12(14)17-23-21-15(26-17)10-27-18-20-16(22-24-18)11-6-2-4-8-13(11)19/h2-9H,10H2,1H3,(H,20,22,24). The van der Waals surface area contributed by atoms with Crippen molar-refractivity contribution < 1.29 is 9.15 Å². The minimum Gasteiger partial charge on any atom is -0.496 e. The van der Waals surface area contributed by atoms with Crippen molar-refractivity contribution in [1.82, 2.24) is 25.4 Å². The van der Waals surface area contributed by atoms with E-state index in [0.29, 0.717) is 39.3 Å². The van der Waals surface area contributed by atoms with Crippen molar-refractivity contribution in [2.45, 2.75) is 10.9 Å². The van der Waals surface area contributed by atoms with E-state index >= 15 is 0 Å². The van der Waals surface area contributed by atoms with E-state index in [2.05, 4.69) is 25.4 Å². The summed E-state index contributed by atoms with van der Waals surface area (Å²) in [5, 5.41) is 16.5. The molecule has 2 heterocycles. The number of rotatable bonds is 6. The Balaban J connectivity index is 1.46. The number of thioether (sulfide) groups is 1. The molecule has 0 aliphatic carbocycles. The zero-order valence-corrected chi connectivity index (χ0v) is 15.8. The van der Waals surface area contributed by atoms with Gasteiger partial charge in [0.2, 0.25) is 11.0 Å². The van der Waals surface area contributed by atoms with Crippen LogP contribution in [0.1, 0.15) is 5.89 Å². The summed E-state index contributed by atoms with van der Waals surface area (Å²) in [6.45, 7) is 0. The molecule has 0 spiro atoms. The predicted molar refractivity (Wildman–Crippen MR) is 103 cm³/mol. The van der Waals surface area contributed by atoms with Crippen LogP contribution in [0.5, 0.6) is 5.75 Å². The number of benzene rings is 2. The molecule has 4 aromatic rings. The van der Waals surface area contributed by atoms with Crippen LogP contribution >= 0.6 is 23.4 Å². The van der Waals surface area contributed by atoms with Crippen LogP contribution in [-0.4, -0.2) is 32.5 Å². The number of methoxy groups -OCH3 is 1. The molecule has 136 valence electrons. The summed E-state index contributed by atoms with van der Waals surface area (Å²) < 4.78 is 11.1. The van der Waals surface area contributed by atoms with Crippen LogP contribution in [-0.2, 0) is 5.75 Å². The van der Waals surface area contributed by atoms with Gasteiger partial charge in [-0.2, -0.15) is 0 Å². The van der Waals surface area contributed by atoms with E-state index in [1.54, 1.807) is 7.11 Å². The molecule has 9 heteroatoms. The van der Waals surface area contributed by atoms with Crippen LogP contribution < -0.4 is 4.74 Å². The van der Waals surface area contributed by atoms with E-state index in [1.807, 2.05) is 48.5 Å². The van der Waals surface area contributed by atoms with E-state index in [9.17, 15) is 0 Å². The van der Waals surface area contributed by atoms with E-state index in [-0.39, 0.29) is 0 Å². The molecule has 0 unspecified atom stereocenters. The predicted octanol–water partition coefficient (Wildman–Crippen LogP) is 4.48. The Morgan fingerprint density at radius 1 is 1.07 bits per heavy atom. The Labute approximate surface area is 164 Å². The second-order valence-electron chi connectivity index (χ2n) is 5.44. The molecule has 0 aliphatic heterocycles. The second-order valence-corrected chi connectivity index (χ2v) is 6.79. The quantitative estimate of drug-likeness (QED) is 0.478. The van der Waals surface area contributed by atoms with E-state index in [4.69, 9.17) is 20.8 Å². The number of aromatic amines is 1. The molecule has 4 rings (SSSR count). The Kier molecular flexibility index (Phi) is 5.08. The molecule has 0 amide bonds. The van der Waals surface area contributed by atoms with Gasteiger partial charge in [-0.15, -0.1) is 15.3 Å². The highest BCUT2D eigenvalue weighted by molar-refractivity contribution is 7.98. The lowest BCUT2D eigenvalue weighted by atomic mass is 10.2. The number of H-pyrrole nitrogens is 1.